The third kappa shape index (κ3) is 6.55. The van der Waals surface area contributed by atoms with Crippen LogP contribution >= 0.6 is 12.6 Å². The quantitative estimate of drug-likeness (QED) is 0.303. The van der Waals surface area contributed by atoms with Crippen LogP contribution in [-0.4, -0.2) is 35.6 Å². The molecular weight excluding hydrogens is 350 g/mol. The predicted molar refractivity (Wildman–Crippen MR) is 105 cm³/mol. The molecule has 140 valence electrons. The highest BCUT2D eigenvalue weighted by molar-refractivity contribution is 7.80. The lowest BCUT2D eigenvalue weighted by Crippen LogP contribution is -2.52. The maximum atomic E-state index is 12.6. The van der Waals surface area contributed by atoms with Crippen LogP contribution in [0, 0.1) is 0 Å². The molecule has 1 aliphatic heterocycles. The van der Waals surface area contributed by atoms with Crippen LogP contribution in [0.3, 0.4) is 0 Å². The Morgan fingerprint density at radius 2 is 1.96 bits per heavy atom. The van der Waals surface area contributed by atoms with Gasteiger partial charge in [0.05, 0.1) is 0 Å². The Morgan fingerprint density at radius 1 is 1.19 bits per heavy atom. The number of rotatable bonds is 9. The molecule has 0 bridgehead atoms. The van der Waals surface area contributed by atoms with Crippen molar-refractivity contribution in [1.29, 1.82) is 0 Å². The van der Waals surface area contributed by atoms with E-state index in [4.69, 9.17) is 0 Å². The fourth-order valence-corrected chi connectivity index (χ4v) is 2.89. The first-order valence-electron chi connectivity index (χ1n) is 8.83. The number of carbonyl (C=O) groups is 3. The minimum Gasteiger partial charge on any atom is -0.342 e. The summed E-state index contributed by atoms with van der Waals surface area (Å²) in [7, 11) is 0. The second-order valence-electron chi connectivity index (χ2n) is 6.17. The van der Waals surface area contributed by atoms with E-state index in [1.807, 2.05) is 18.2 Å². The first-order valence-corrected chi connectivity index (χ1v) is 9.46. The molecule has 0 aromatic heterocycles. The van der Waals surface area contributed by atoms with Gasteiger partial charge in [-0.05, 0) is 30.7 Å². The summed E-state index contributed by atoms with van der Waals surface area (Å²) in [6.45, 7) is 0. The normalized spacial score (nSPS) is 17.3. The maximum Gasteiger partial charge on any atom is 0.247 e. The lowest BCUT2D eigenvalue weighted by molar-refractivity contribution is -0.130. The Morgan fingerprint density at radius 3 is 2.65 bits per heavy atom. The molecule has 2 atom stereocenters. The summed E-state index contributed by atoms with van der Waals surface area (Å²) >= 11 is 4.19. The van der Waals surface area contributed by atoms with Crippen LogP contribution in [0.2, 0.25) is 0 Å². The monoisotopic (exact) mass is 375 g/mol. The van der Waals surface area contributed by atoms with Gasteiger partial charge >= 0.3 is 0 Å². The topological polar surface area (TPSA) is 87.3 Å². The standard InChI is InChI=1S/C19H25N3O3S/c23-17-12-7-11-15(21-17)19(25)22-16(10-5-2-6-13-26)18(24)20-14-8-3-1-4-9-14/h1,3-4,7-9,11,15-16,26H,2,5-6,10,12-13H2,(H,20,24)(H,21,23)(H,22,25)/t15-,16-/m0/s1. The van der Waals surface area contributed by atoms with Gasteiger partial charge in [-0.25, -0.2) is 0 Å². The number of anilines is 1. The molecular formula is C19H25N3O3S. The smallest absolute Gasteiger partial charge is 0.247 e. The maximum absolute atomic E-state index is 12.6. The summed E-state index contributed by atoms with van der Waals surface area (Å²) in [5.74, 6) is -0.0449. The van der Waals surface area contributed by atoms with Gasteiger partial charge < -0.3 is 16.0 Å². The van der Waals surface area contributed by atoms with Crippen molar-refractivity contribution in [3.63, 3.8) is 0 Å². The molecule has 0 radical (unpaired) electrons. The van der Waals surface area contributed by atoms with Gasteiger partial charge in [-0.15, -0.1) is 0 Å². The highest BCUT2D eigenvalue weighted by atomic mass is 32.1. The lowest BCUT2D eigenvalue weighted by atomic mass is 10.1. The zero-order valence-corrected chi connectivity index (χ0v) is 15.5. The van der Waals surface area contributed by atoms with E-state index in [2.05, 4.69) is 28.6 Å². The summed E-state index contributed by atoms with van der Waals surface area (Å²) in [5.41, 5.74) is 0.679. The van der Waals surface area contributed by atoms with Gasteiger partial charge in [0.25, 0.3) is 0 Å². The zero-order chi connectivity index (χ0) is 18.8. The lowest BCUT2D eigenvalue weighted by Gasteiger charge is -2.23. The minimum atomic E-state index is -0.735. The van der Waals surface area contributed by atoms with E-state index in [0.29, 0.717) is 12.1 Å². The summed E-state index contributed by atoms with van der Waals surface area (Å²) in [4.78, 5) is 36.5. The molecule has 7 heteroatoms. The van der Waals surface area contributed by atoms with Gasteiger partial charge in [-0.2, -0.15) is 12.6 Å². The van der Waals surface area contributed by atoms with E-state index in [0.717, 1.165) is 25.0 Å². The number of thiol groups is 1. The van der Waals surface area contributed by atoms with Crippen LogP contribution in [0.25, 0.3) is 0 Å². The molecule has 0 unspecified atom stereocenters. The van der Waals surface area contributed by atoms with Crippen LogP contribution in [-0.2, 0) is 14.4 Å². The van der Waals surface area contributed by atoms with Crippen molar-refractivity contribution in [2.24, 2.45) is 0 Å². The molecule has 0 saturated carbocycles. The van der Waals surface area contributed by atoms with Crippen molar-refractivity contribution >= 4 is 36.0 Å². The average Bonchev–Trinajstić information content (AvgIpc) is 2.65. The van der Waals surface area contributed by atoms with E-state index in [-0.39, 0.29) is 24.1 Å². The van der Waals surface area contributed by atoms with Crippen molar-refractivity contribution in [2.45, 2.75) is 44.2 Å². The van der Waals surface area contributed by atoms with Crippen molar-refractivity contribution in [3.05, 3.63) is 42.5 Å². The molecule has 0 saturated heterocycles. The Labute approximate surface area is 159 Å². The first-order chi connectivity index (χ1) is 12.6. The Bertz CT molecular complexity index is 649. The number of amides is 3. The molecule has 26 heavy (non-hydrogen) atoms. The van der Waals surface area contributed by atoms with Crippen LogP contribution in [0.15, 0.2) is 42.5 Å². The third-order valence-electron chi connectivity index (χ3n) is 4.06. The Balaban J connectivity index is 1.98. The molecule has 0 aliphatic carbocycles. The minimum absolute atomic E-state index is 0.202. The molecule has 1 aliphatic rings. The molecule has 3 N–H and O–H groups in total. The molecule has 0 spiro atoms. The molecule has 2 rings (SSSR count). The second-order valence-corrected chi connectivity index (χ2v) is 6.61. The highest BCUT2D eigenvalue weighted by Crippen LogP contribution is 2.10. The fourth-order valence-electron chi connectivity index (χ4n) is 2.66. The Hall–Kier alpha value is -2.28. The number of para-hydroxylation sites is 1. The zero-order valence-electron chi connectivity index (χ0n) is 14.6. The number of benzene rings is 1. The molecule has 1 aromatic carbocycles. The Kier molecular flexibility index (Phi) is 8.21. The number of hydrogen-bond acceptors (Lipinski definition) is 4. The third-order valence-corrected chi connectivity index (χ3v) is 4.37. The fraction of sp³-hybridized carbons (Fsp3) is 0.421. The van der Waals surface area contributed by atoms with Crippen molar-refractivity contribution in [1.82, 2.24) is 10.6 Å². The van der Waals surface area contributed by atoms with Crippen molar-refractivity contribution in [2.75, 3.05) is 11.1 Å². The average molecular weight is 375 g/mol. The predicted octanol–water partition coefficient (Wildman–Crippen LogP) is 2.04. The molecule has 1 heterocycles. The van der Waals surface area contributed by atoms with Crippen LogP contribution in [0.5, 0.6) is 0 Å². The molecule has 1 aromatic rings. The molecule has 0 fully saturated rings. The summed E-state index contributed by atoms with van der Waals surface area (Å²) < 4.78 is 0. The first kappa shape index (κ1) is 20.0. The number of nitrogens with one attached hydrogen (secondary N) is 3. The van der Waals surface area contributed by atoms with Crippen molar-refractivity contribution in [3.8, 4) is 0 Å². The van der Waals surface area contributed by atoms with Gasteiger partial charge in [0, 0.05) is 12.1 Å². The largest absolute Gasteiger partial charge is 0.342 e. The van der Waals surface area contributed by atoms with Crippen LogP contribution in [0.1, 0.15) is 32.1 Å². The second kappa shape index (κ2) is 10.7. The summed E-state index contributed by atoms with van der Waals surface area (Å²) in [6.07, 6.45) is 6.81. The van der Waals surface area contributed by atoms with Gasteiger partial charge in [0.15, 0.2) is 0 Å². The number of carbonyl (C=O) groups excluding carboxylic acids is 3. The number of hydrogen-bond donors (Lipinski definition) is 4. The van der Waals surface area contributed by atoms with Crippen molar-refractivity contribution < 1.29 is 14.4 Å². The van der Waals surface area contributed by atoms with E-state index in [9.17, 15) is 14.4 Å². The van der Waals surface area contributed by atoms with Gasteiger partial charge in [0.2, 0.25) is 17.7 Å². The summed E-state index contributed by atoms with van der Waals surface area (Å²) in [6, 6.07) is 7.72. The van der Waals surface area contributed by atoms with Gasteiger partial charge in [-0.1, -0.05) is 43.2 Å². The highest BCUT2D eigenvalue weighted by Gasteiger charge is 2.26. The van der Waals surface area contributed by atoms with E-state index in [1.165, 1.54) is 0 Å². The van der Waals surface area contributed by atoms with Gasteiger partial charge in [0.1, 0.15) is 12.1 Å². The molecule has 6 nitrogen and oxygen atoms in total. The van der Waals surface area contributed by atoms with Gasteiger partial charge in [-0.3, -0.25) is 14.4 Å². The van der Waals surface area contributed by atoms with E-state index < -0.39 is 12.1 Å². The molecule has 3 amide bonds. The summed E-state index contributed by atoms with van der Waals surface area (Å²) in [5, 5.41) is 8.20. The van der Waals surface area contributed by atoms with E-state index >= 15 is 0 Å². The SMILES string of the molecule is O=C1CC=C[C@@H](C(=O)N[C@@H](CCCCCS)C(=O)Nc2ccccc2)N1. The van der Waals surface area contributed by atoms with Crippen LogP contribution < -0.4 is 16.0 Å². The van der Waals surface area contributed by atoms with E-state index in [1.54, 1.807) is 24.3 Å². The number of unbranched alkanes of at least 4 members (excludes halogenated alkanes) is 2. The van der Waals surface area contributed by atoms with Crippen LogP contribution in [0.4, 0.5) is 5.69 Å².